The van der Waals surface area contributed by atoms with E-state index in [-0.39, 0.29) is 30.7 Å². The average molecular weight is 278 g/mol. The van der Waals surface area contributed by atoms with Gasteiger partial charge in [-0.1, -0.05) is 6.92 Å². The molecule has 104 valence electrons. The highest BCUT2D eigenvalue weighted by atomic mass is 32.2. The summed E-state index contributed by atoms with van der Waals surface area (Å²) in [6, 6.07) is 0. The van der Waals surface area contributed by atoms with Crippen molar-refractivity contribution in [3.63, 3.8) is 0 Å². The SMILES string of the molecule is CCC(=O)OCOC(=O)SCCC(=O)OC(C)C. The second-order valence-electron chi connectivity index (χ2n) is 3.52. The predicted octanol–water partition coefficient (Wildman–Crippen LogP) is 2.11. The molecule has 0 aliphatic carbocycles. The lowest BCUT2D eigenvalue weighted by Gasteiger charge is -2.07. The van der Waals surface area contributed by atoms with Gasteiger partial charge in [-0.05, 0) is 25.6 Å². The van der Waals surface area contributed by atoms with Crippen LogP contribution in [-0.4, -0.2) is 35.9 Å². The van der Waals surface area contributed by atoms with Gasteiger partial charge in [0.25, 0.3) is 0 Å². The topological polar surface area (TPSA) is 78.9 Å². The zero-order valence-corrected chi connectivity index (χ0v) is 11.6. The van der Waals surface area contributed by atoms with Gasteiger partial charge in [0.15, 0.2) is 0 Å². The maximum atomic E-state index is 11.1. The van der Waals surface area contributed by atoms with Crippen molar-refractivity contribution in [2.24, 2.45) is 0 Å². The Morgan fingerprint density at radius 1 is 1.11 bits per heavy atom. The highest BCUT2D eigenvalue weighted by Crippen LogP contribution is 2.08. The Balaban J connectivity index is 3.53. The van der Waals surface area contributed by atoms with Gasteiger partial charge in [-0.15, -0.1) is 0 Å². The van der Waals surface area contributed by atoms with Crippen molar-refractivity contribution in [3.05, 3.63) is 0 Å². The first-order chi connectivity index (χ1) is 8.45. The smallest absolute Gasteiger partial charge is 0.370 e. The normalized spacial score (nSPS) is 10.0. The summed E-state index contributed by atoms with van der Waals surface area (Å²) >= 11 is 0.838. The van der Waals surface area contributed by atoms with Gasteiger partial charge in [-0.25, -0.2) is 4.79 Å². The van der Waals surface area contributed by atoms with Crippen LogP contribution in [0.25, 0.3) is 0 Å². The van der Waals surface area contributed by atoms with Crippen molar-refractivity contribution in [1.82, 2.24) is 0 Å². The van der Waals surface area contributed by atoms with Gasteiger partial charge >= 0.3 is 17.2 Å². The minimum absolute atomic E-state index is 0.132. The largest absolute Gasteiger partial charge is 0.463 e. The van der Waals surface area contributed by atoms with Crippen LogP contribution < -0.4 is 0 Å². The first-order valence-electron chi connectivity index (χ1n) is 5.60. The maximum absolute atomic E-state index is 11.1. The van der Waals surface area contributed by atoms with E-state index in [0.717, 1.165) is 11.8 Å². The van der Waals surface area contributed by atoms with Gasteiger partial charge in [0, 0.05) is 12.2 Å². The van der Waals surface area contributed by atoms with Crippen LogP contribution in [-0.2, 0) is 23.8 Å². The monoisotopic (exact) mass is 278 g/mol. The molecule has 0 spiro atoms. The number of rotatable bonds is 7. The molecule has 0 saturated heterocycles. The minimum atomic E-state index is -0.587. The Labute approximate surface area is 110 Å². The van der Waals surface area contributed by atoms with E-state index in [2.05, 4.69) is 9.47 Å². The van der Waals surface area contributed by atoms with Crippen LogP contribution in [0.5, 0.6) is 0 Å². The summed E-state index contributed by atoms with van der Waals surface area (Å²) in [5.74, 6) is -0.525. The van der Waals surface area contributed by atoms with E-state index < -0.39 is 18.1 Å². The highest BCUT2D eigenvalue weighted by Gasteiger charge is 2.09. The van der Waals surface area contributed by atoms with Crippen LogP contribution in [0, 0.1) is 0 Å². The lowest BCUT2D eigenvalue weighted by atomic mass is 10.4. The average Bonchev–Trinajstić information content (AvgIpc) is 2.27. The first kappa shape index (κ1) is 16.8. The molecule has 0 rings (SSSR count). The van der Waals surface area contributed by atoms with Crippen molar-refractivity contribution >= 4 is 29.0 Å². The second-order valence-corrected chi connectivity index (χ2v) is 4.55. The molecule has 0 aliphatic rings. The molecule has 0 N–H and O–H groups in total. The molecular weight excluding hydrogens is 260 g/mol. The highest BCUT2D eigenvalue weighted by molar-refractivity contribution is 8.13. The summed E-state index contributed by atoms with van der Waals surface area (Å²) in [4.78, 5) is 33.0. The first-order valence-corrected chi connectivity index (χ1v) is 6.59. The third-order valence-corrected chi connectivity index (χ3v) is 2.34. The fourth-order valence-electron chi connectivity index (χ4n) is 0.827. The number of ether oxygens (including phenoxy) is 3. The molecule has 0 heterocycles. The minimum Gasteiger partial charge on any atom is -0.463 e. The van der Waals surface area contributed by atoms with Crippen molar-refractivity contribution in [1.29, 1.82) is 0 Å². The molecule has 0 aromatic carbocycles. The summed E-state index contributed by atoms with van der Waals surface area (Å²) < 4.78 is 14.0. The Bertz CT molecular complexity index is 289. The quantitative estimate of drug-likeness (QED) is 0.521. The Hall–Kier alpha value is -1.24. The number of hydrogen-bond donors (Lipinski definition) is 0. The molecule has 0 bridgehead atoms. The predicted molar refractivity (Wildman–Crippen MR) is 66.0 cm³/mol. The van der Waals surface area contributed by atoms with Crippen LogP contribution in [0.4, 0.5) is 4.79 Å². The van der Waals surface area contributed by atoms with Crippen LogP contribution in [0.1, 0.15) is 33.6 Å². The van der Waals surface area contributed by atoms with Gasteiger partial charge in [0.1, 0.15) is 0 Å². The van der Waals surface area contributed by atoms with Crippen molar-refractivity contribution in [2.45, 2.75) is 39.7 Å². The van der Waals surface area contributed by atoms with Crippen molar-refractivity contribution < 1.29 is 28.6 Å². The number of carbonyl (C=O) groups excluding carboxylic acids is 3. The molecule has 18 heavy (non-hydrogen) atoms. The van der Waals surface area contributed by atoms with Crippen LogP contribution >= 0.6 is 11.8 Å². The van der Waals surface area contributed by atoms with E-state index >= 15 is 0 Å². The van der Waals surface area contributed by atoms with E-state index in [0.29, 0.717) is 0 Å². The number of esters is 2. The molecule has 7 heteroatoms. The Morgan fingerprint density at radius 2 is 1.78 bits per heavy atom. The number of hydrogen-bond acceptors (Lipinski definition) is 7. The molecule has 0 unspecified atom stereocenters. The Morgan fingerprint density at radius 3 is 2.33 bits per heavy atom. The molecule has 0 atom stereocenters. The second kappa shape index (κ2) is 9.76. The molecule has 0 amide bonds. The van der Waals surface area contributed by atoms with E-state index in [4.69, 9.17) is 4.74 Å². The molecule has 6 nitrogen and oxygen atoms in total. The molecular formula is C11H18O6S. The van der Waals surface area contributed by atoms with Gasteiger partial charge < -0.3 is 14.2 Å². The van der Waals surface area contributed by atoms with Crippen molar-refractivity contribution in [2.75, 3.05) is 12.5 Å². The maximum Gasteiger partial charge on any atom is 0.370 e. The molecule has 0 saturated carbocycles. The molecule has 0 radical (unpaired) electrons. The van der Waals surface area contributed by atoms with Crippen LogP contribution in [0.2, 0.25) is 0 Å². The lowest BCUT2D eigenvalue weighted by Crippen LogP contribution is -2.13. The fraction of sp³-hybridized carbons (Fsp3) is 0.727. The molecule has 0 aliphatic heterocycles. The summed E-state index contributed by atoms with van der Waals surface area (Å²) in [5.41, 5.74) is 0. The van der Waals surface area contributed by atoms with Gasteiger partial charge in [-0.2, -0.15) is 0 Å². The van der Waals surface area contributed by atoms with E-state index in [1.165, 1.54) is 0 Å². The summed E-state index contributed by atoms with van der Waals surface area (Å²) in [7, 11) is 0. The van der Waals surface area contributed by atoms with Crippen LogP contribution in [0.15, 0.2) is 0 Å². The summed E-state index contributed by atoms with van der Waals surface area (Å²) in [5, 5.41) is -0.587. The zero-order valence-electron chi connectivity index (χ0n) is 10.8. The molecule has 0 aromatic rings. The zero-order chi connectivity index (χ0) is 14.0. The Kier molecular flexibility index (Phi) is 9.08. The summed E-state index contributed by atoms with van der Waals surface area (Å²) in [6.07, 6.45) is 0.196. The third kappa shape index (κ3) is 9.95. The van der Waals surface area contributed by atoms with Gasteiger partial charge in [-0.3, -0.25) is 9.59 Å². The van der Waals surface area contributed by atoms with E-state index in [9.17, 15) is 14.4 Å². The van der Waals surface area contributed by atoms with Crippen LogP contribution in [0.3, 0.4) is 0 Å². The number of carbonyl (C=O) groups is 3. The number of thioether (sulfide) groups is 1. The fourth-order valence-corrected chi connectivity index (χ4v) is 1.39. The molecule has 0 fully saturated rings. The van der Waals surface area contributed by atoms with E-state index in [1.807, 2.05) is 0 Å². The summed E-state index contributed by atoms with van der Waals surface area (Å²) in [6.45, 7) is 4.75. The lowest BCUT2D eigenvalue weighted by molar-refractivity contribution is -0.151. The van der Waals surface area contributed by atoms with Gasteiger partial charge in [0.2, 0.25) is 6.79 Å². The van der Waals surface area contributed by atoms with Crippen molar-refractivity contribution in [3.8, 4) is 0 Å². The van der Waals surface area contributed by atoms with E-state index in [1.54, 1.807) is 20.8 Å². The molecule has 0 aromatic heterocycles. The van der Waals surface area contributed by atoms with Gasteiger partial charge in [0.05, 0.1) is 12.5 Å². The third-order valence-electron chi connectivity index (χ3n) is 1.58. The standard InChI is InChI=1S/C11H18O6S/c1-4-9(12)15-7-16-11(14)18-6-5-10(13)17-8(2)3/h8H,4-7H2,1-3H3.